The fourth-order valence-electron chi connectivity index (χ4n) is 0.912. The summed E-state index contributed by atoms with van der Waals surface area (Å²) in [5.74, 6) is 0. The van der Waals surface area contributed by atoms with Crippen molar-refractivity contribution in [2.45, 2.75) is 5.51 Å². The second-order valence-corrected chi connectivity index (χ2v) is 9.27. The zero-order chi connectivity index (χ0) is 15.4. The number of nitrogens with zero attached hydrogens (tertiary/aromatic N) is 3. The predicted molar refractivity (Wildman–Crippen MR) is 69.5 cm³/mol. The Bertz CT molecular complexity index is 678. The van der Waals surface area contributed by atoms with Gasteiger partial charge in [0.05, 0.1) is 0 Å². The first-order valence-corrected chi connectivity index (χ1v) is 9.06. The van der Waals surface area contributed by atoms with Crippen molar-refractivity contribution in [3.05, 3.63) is 39.4 Å². The summed E-state index contributed by atoms with van der Waals surface area (Å²) in [5.41, 5.74) is 2.99. The summed E-state index contributed by atoms with van der Waals surface area (Å²) >= 11 is -3.81. The molecule has 0 bridgehead atoms. The molecule has 0 spiro atoms. The molecule has 1 aromatic carbocycles. The molecule has 0 aliphatic carbocycles. The fourth-order valence-corrected chi connectivity index (χ4v) is 6.52. The first-order valence-electron chi connectivity index (χ1n) is 4.61. The van der Waals surface area contributed by atoms with Gasteiger partial charge in [-0.1, -0.05) is 0 Å². The van der Waals surface area contributed by atoms with E-state index in [1.165, 1.54) is 36.4 Å². The number of rotatable bonds is 4. The summed E-state index contributed by atoms with van der Waals surface area (Å²) in [7, 11) is -5.88. The summed E-state index contributed by atoms with van der Waals surface area (Å²) in [5, 5.41) is 8.70. The van der Waals surface area contributed by atoms with Crippen molar-refractivity contribution in [2.24, 2.45) is 0 Å². The first kappa shape index (κ1) is 16.6. The quantitative estimate of drug-likeness (QED) is 0.246. The Morgan fingerprint density at radius 1 is 1.35 bits per heavy atom. The predicted octanol–water partition coefficient (Wildman–Crippen LogP) is 2.30. The van der Waals surface area contributed by atoms with E-state index in [0.29, 0.717) is 0 Å². The van der Waals surface area contributed by atoms with Crippen molar-refractivity contribution in [3.63, 3.8) is 0 Å². The van der Waals surface area contributed by atoms with Crippen molar-refractivity contribution in [2.75, 3.05) is 0 Å². The van der Waals surface area contributed by atoms with Gasteiger partial charge in [-0.25, -0.2) is 0 Å². The van der Waals surface area contributed by atoms with E-state index in [1.807, 2.05) is 0 Å². The molecule has 0 heterocycles. The molecule has 0 atom stereocenters. The molecule has 0 radical (unpaired) electrons. The molecule has 11 heteroatoms. The number of nitriles is 1. The van der Waals surface area contributed by atoms with Gasteiger partial charge in [0.25, 0.3) is 0 Å². The van der Waals surface area contributed by atoms with Gasteiger partial charge in [-0.05, 0) is 0 Å². The van der Waals surface area contributed by atoms with Gasteiger partial charge in [0.1, 0.15) is 0 Å². The molecule has 108 valence electrons. The van der Waals surface area contributed by atoms with E-state index in [4.69, 9.17) is 10.8 Å². The molecule has 0 aromatic heterocycles. The second-order valence-electron chi connectivity index (χ2n) is 3.01. The molecule has 0 saturated heterocycles. The molecule has 0 fully saturated rings. The van der Waals surface area contributed by atoms with Crippen LogP contribution in [0.25, 0.3) is 5.53 Å². The maximum atomic E-state index is 12.3. The zero-order valence-electron chi connectivity index (χ0n) is 9.37. The summed E-state index contributed by atoms with van der Waals surface area (Å²) < 4.78 is 62.4. The zero-order valence-corrected chi connectivity index (χ0v) is 12.3. The third kappa shape index (κ3) is 3.76. The van der Waals surface area contributed by atoms with Crippen molar-refractivity contribution < 1.29 is 28.9 Å². The number of hydrogen-bond donors (Lipinski definition) is 0. The Balaban J connectivity index is 3.30. The Labute approximate surface area is 119 Å². The number of alkyl halides is 3. The molecule has 0 amide bonds. The van der Waals surface area contributed by atoms with E-state index in [0.717, 1.165) is 0 Å². The Hall–Kier alpha value is -1.48. The summed E-state index contributed by atoms with van der Waals surface area (Å²) in [6.07, 6.45) is 0. The van der Waals surface area contributed by atoms with E-state index in [9.17, 15) is 21.6 Å². The summed E-state index contributed by atoms with van der Waals surface area (Å²) in [4.78, 5) is 2.52. The van der Waals surface area contributed by atoms with Gasteiger partial charge >= 0.3 is 119 Å². The Morgan fingerprint density at radius 2 is 1.90 bits per heavy atom. The third-order valence-electron chi connectivity index (χ3n) is 1.70. The van der Waals surface area contributed by atoms with Crippen LogP contribution in [-0.4, -0.2) is 22.4 Å². The average molecular weight is 419 g/mol. The third-order valence-corrected chi connectivity index (χ3v) is 8.30. The van der Waals surface area contributed by atoms with Gasteiger partial charge in [-0.2, -0.15) is 0 Å². The molecule has 1 rings (SSSR count). The van der Waals surface area contributed by atoms with Crippen LogP contribution in [0.1, 0.15) is 0 Å². The van der Waals surface area contributed by atoms with Gasteiger partial charge in [0.15, 0.2) is 0 Å². The normalized spacial score (nSPS) is 12.2. The van der Waals surface area contributed by atoms with Gasteiger partial charge in [-0.3, -0.25) is 0 Å². The summed E-state index contributed by atoms with van der Waals surface area (Å²) in [6.45, 7) is 0. The Morgan fingerprint density at radius 3 is 2.30 bits per heavy atom. The molecule has 20 heavy (non-hydrogen) atoms. The Kier molecular flexibility index (Phi) is 5.23. The van der Waals surface area contributed by atoms with Crippen LogP contribution >= 0.6 is 20.2 Å². The number of benzene rings is 1. The van der Waals surface area contributed by atoms with Gasteiger partial charge in [-0.15, -0.1) is 0 Å². The van der Waals surface area contributed by atoms with Gasteiger partial charge < -0.3 is 0 Å². The van der Waals surface area contributed by atoms with E-state index in [1.54, 1.807) is 0 Å². The van der Waals surface area contributed by atoms with Crippen LogP contribution in [0.15, 0.2) is 30.3 Å². The minimum atomic E-state index is -5.88. The minimum absolute atomic E-state index is 0.0684. The molecule has 0 saturated carbocycles. The van der Waals surface area contributed by atoms with Crippen molar-refractivity contribution in [1.29, 1.82) is 5.26 Å². The second kappa shape index (κ2) is 6.31. The molecular formula is C9H5F3IN3O3S. The standard InChI is InChI=1S/C9H5F3IN3O3S/c10-9(11,12)20(17,18)19-13(8(6-14)16-15)7-4-2-1-3-5-7/h1-5H. The number of halogens is 4. The molecule has 6 nitrogen and oxygen atoms in total. The molecular weight excluding hydrogens is 414 g/mol. The monoisotopic (exact) mass is 419 g/mol. The molecule has 1 aromatic rings. The van der Waals surface area contributed by atoms with Crippen LogP contribution in [0.2, 0.25) is 0 Å². The van der Waals surface area contributed by atoms with Crippen molar-refractivity contribution in [3.8, 4) is 6.07 Å². The van der Waals surface area contributed by atoms with Gasteiger partial charge in [0, 0.05) is 0 Å². The average Bonchev–Trinajstić information content (AvgIpc) is 2.38. The first-order chi connectivity index (χ1) is 9.23. The van der Waals surface area contributed by atoms with Gasteiger partial charge in [0.2, 0.25) is 0 Å². The summed E-state index contributed by atoms with van der Waals surface area (Å²) in [6, 6.07) is 8.31. The SMILES string of the molecule is N#CC(=[N+]=[N-])I(OS(=O)(=O)C(F)(F)F)c1ccccc1. The molecule has 0 N–H and O–H groups in total. The van der Waals surface area contributed by atoms with Crippen LogP contribution in [0.4, 0.5) is 13.2 Å². The van der Waals surface area contributed by atoms with E-state index < -0.39 is 39.6 Å². The van der Waals surface area contributed by atoms with Crippen molar-refractivity contribution >= 4 is 34.1 Å². The van der Waals surface area contributed by atoms with Crippen molar-refractivity contribution in [1.82, 2.24) is 0 Å². The molecule has 0 aliphatic rings. The molecule has 0 unspecified atom stereocenters. The maximum absolute atomic E-state index is 12.3. The van der Waals surface area contributed by atoms with E-state index in [2.05, 4.69) is 7.30 Å². The van der Waals surface area contributed by atoms with Crippen LogP contribution in [0.5, 0.6) is 0 Å². The number of hydrogen-bond acceptors (Lipinski definition) is 4. The molecule has 0 aliphatic heterocycles. The van der Waals surface area contributed by atoms with Crippen LogP contribution in [-0.2, 0) is 12.6 Å². The van der Waals surface area contributed by atoms with Crippen LogP contribution in [0.3, 0.4) is 0 Å². The van der Waals surface area contributed by atoms with Crippen LogP contribution < -0.4 is 0 Å². The van der Waals surface area contributed by atoms with Crippen LogP contribution in [0, 0.1) is 14.9 Å². The fraction of sp³-hybridized carbons (Fsp3) is 0.111. The van der Waals surface area contributed by atoms with E-state index in [-0.39, 0.29) is 3.57 Å². The topological polar surface area (TPSA) is 104 Å². The van der Waals surface area contributed by atoms with E-state index >= 15 is 0 Å².